The molecule has 5 heteroatoms. The summed E-state index contributed by atoms with van der Waals surface area (Å²) in [5.41, 5.74) is 5.82. The number of aryl methyl sites for hydroxylation is 1. The van der Waals surface area contributed by atoms with E-state index in [1.54, 1.807) is 12.1 Å². The summed E-state index contributed by atoms with van der Waals surface area (Å²) in [4.78, 5) is 24.1. The largest absolute Gasteiger partial charge is 0.479 e. The molecule has 4 rings (SSSR count). The third kappa shape index (κ3) is 3.59. The first-order valence-corrected chi connectivity index (χ1v) is 9.46. The third-order valence-electron chi connectivity index (χ3n) is 5.35. The predicted molar refractivity (Wildman–Crippen MR) is 110 cm³/mol. The van der Waals surface area contributed by atoms with E-state index in [-0.39, 0.29) is 12.5 Å². The Morgan fingerprint density at radius 2 is 1.48 bits per heavy atom. The number of carbonyl (C=O) groups excluding carboxylic acids is 1. The quantitative estimate of drug-likeness (QED) is 0.668. The van der Waals surface area contributed by atoms with E-state index in [4.69, 9.17) is 4.74 Å². The molecule has 29 heavy (non-hydrogen) atoms. The average molecular weight is 387 g/mol. The summed E-state index contributed by atoms with van der Waals surface area (Å²) >= 11 is 0. The molecule has 0 aromatic heterocycles. The number of carbonyl (C=O) groups is 2. The van der Waals surface area contributed by atoms with Crippen LogP contribution in [0.5, 0.6) is 0 Å². The zero-order chi connectivity index (χ0) is 20.4. The Balaban J connectivity index is 1.50. The van der Waals surface area contributed by atoms with Gasteiger partial charge in [-0.2, -0.15) is 0 Å². The lowest BCUT2D eigenvalue weighted by atomic mass is 9.98. The number of aliphatic carboxylic acids is 1. The maximum Gasteiger partial charge on any atom is 0.408 e. The summed E-state index contributed by atoms with van der Waals surface area (Å²) in [5.74, 6) is -1.21. The Bertz CT molecular complexity index is 1030. The molecular formula is C24H21NO4. The van der Waals surface area contributed by atoms with Crippen molar-refractivity contribution in [3.63, 3.8) is 0 Å². The standard InChI is InChI=1S/C24H21NO4/c1-15-8-2-3-9-16(15)22(23(26)27)25-24(28)29-14-21-19-12-6-4-10-17(19)18-11-5-7-13-20(18)21/h2-13,21-22H,14H2,1H3,(H,25,28)(H,26,27)/t22-/m0/s1. The van der Waals surface area contributed by atoms with Gasteiger partial charge < -0.3 is 15.2 Å². The van der Waals surface area contributed by atoms with E-state index < -0.39 is 18.1 Å². The van der Waals surface area contributed by atoms with Gasteiger partial charge in [-0.3, -0.25) is 0 Å². The highest BCUT2D eigenvalue weighted by Crippen LogP contribution is 2.44. The van der Waals surface area contributed by atoms with Crippen molar-refractivity contribution in [2.24, 2.45) is 0 Å². The molecule has 3 aromatic carbocycles. The van der Waals surface area contributed by atoms with Crippen LogP contribution in [-0.2, 0) is 9.53 Å². The summed E-state index contributed by atoms with van der Waals surface area (Å²) < 4.78 is 5.47. The molecular weight excluding hydrogens is 366 g/mol. The number of ether oxygens (including phenoxy) is 1. The molecule has 1 amide bonds. The number of carboxylic acid groups (broad SMARTS) is 1. The van der Waals surface area contributed by atoms with Crippen LogP contribution in [0.15, 0.2) is 72.8 Å². The van der Waals surface area contributed by atoms with E-state index in [1.807, 2.05) is 55.5 Å². The molecule has 1 aliphatic carbocycles. The fourth-order valence-corrected chi connectivity index (χ4v) is 3.94. The Morgan fingerprint density at radius 3 is 2.07 bits per heavy atom. The number of alkyl carbamates (subject to hydrolysis) is 1. The normalized spacial score (nSPS) is 13.3. The van der Waals surface area contributed by atoms with Gasteiger partial charge in [0, 0.05) is 5.92 Å². The smallest absolute Gasteiger partial charge is 0.408 e. The van der Waals surface area contributed by atoms with Crippen molar-refractivity contribution >= 4 is 12.1 Å². The van der Waals surface area contributed by atoms with Crippen molar-refractivity contribution in [3.05, 3.63) is 95.1 Å². The number of nitrogens with one attached hydrogen (secondary N) is 1. The second kappa shape index (κ2) is 7.80. The highest BCUT2D eigenvalue weighted by Gasteiger charge is 2.30. The van der Waals surface area contributed by atoms with E-state index in [0.717, 1.165) is 27.8 Å². The topological polar surface area (TPSA) is 75.6 Å². The monoisotopic (exact) mass is 387 g/mol. The first kappa shape index (κ1) is 18.7. The summed E-state index contributed by atoms with van der Waals surface area (Å²) in [6.07, 6.45) is -0.748. The molecule has 0 heterocycles. The second-order valence-corrected chi connectivity index (χ2v) is 7.10. The molecule has 0 fully saturated rings. The number of amides is 1. The molecule has 1 aliphatic rings. The van der Waals surface area contributed by atoms with Crippen LogP contribution in [0.4, 0.5) is 4.79 Å². The van der Waals surface area contributed by atoms with E-state index >= 15 is 0 Å². The van der Waals surface area contributed by atoms with Gasteiger partial charge in [-0.25, -0.2) is 9.59 Å². The second-order valence-electron chi connectivity index (χ2n) is 7.10. The van der Waals surface area contributed by atoms with E-state index in [9.17, 15) is 14.7 Å². The summed E-state index contributed by atoms with van der Waals surface area (Å²) in [7, 11) is 0. The lowest BCUT2D eigenvalue weighted by molar-refractivity contribution is -0.139. The van der Waals surface area contributed by atoms with E-state index in [1.165, 1.54) is 0 Å². The van der Waals surface area contributed by atoms with Gasteiger partial charge in [-0.1, -0.05) is 72.8 Å². The van der Waals surface area contributed by atoms with Gasteiger partial charge in [0.1, 0.15) is 6.61 Å². The number of fused-ring (bicyclic) bond motifs is 3. The number of rotatable bonds is 5. The Kier molecular flexibility index (Phi) is 5.04. The minimum atomic E-state index is -1.16. The van der Waals surface area contributed by atoms with E-state index in [0.29, 0.717) is 5.56 Å². The van der Waals surface area contributed by atoms with Gasteiger partial charge >= 0.3 is 12.1 Å². The maximum absolute atomic E-state index is 12.4. The van der Waals surface area contributed by atoms with Gasteiger partial charge in [-0.15, -0.1) is 0 Å². The zero-order valence-electron chi connectivity index (χ0n) is 16.0. The first-order chi connectivity index (χ1) is 14.1. The molecule has 5 nitrogen and oxygen atoms in total. The Morgan fingerprint density at radius 1 is 0.931 bits per heavy atom. The first-order valence-electron chi connectivity index (χ1n) is 9.46. The number of carboxylic acids is 1. The molecule has 2 N–H and O–H groups in total. The third-order valence-corrected chi connectivity index (χ3v) is 5.35. The average Bonchev–Trinajstić information content (AvgIpc) is 3.05. The lowest BCUT2D eigenvalue weighted by Crippen LogP contribution is -2.35. The van der Waals surface area contributed by atoms with Crippen LogP contribution < -0.4 is 5.32 Å². The van der Waals surface area contributed by atoms with Crippen LogP contribution in [0.1, 0.15) is 34.2 Å². The number of hydrogen-bond acceptors (Lipinski definition) is 3. The van der Waals surface area contributed by atoms with Crippen LogP contribution in [0, 0.1) is 6.92 Å². The fraction of sp³-hybridized carbons (Fsp3) is 0.167. The molecule has 0 unspecified atom stereocenters. The van der Waals surface area contributed by atoms with Crippen molar-refractivity contribution in [2.45, 2.75) is 18.9 Å². The molecule has 3 aromatic rings. The van der Waals surface area contributed by atoms with Crippen molar-refractivity contribution in [2.75, 3.05) is 6.61 Å². The van der Waals surface area contributed by atoms with Crippen LogP contribution in [0.2, 0.25) is 0 Å². The Hall–Kier alpha value is -3.60. The van der Waals surface area contributed by atoms with Gasteiger partial charge in [0.05, 0.1) is 0 Å². The fourth-order valence-electron chi connectivity index (χ4n) is 3.94. The van der Waals surface area contributed by atoms with Crippen molar-refractivity contribution in [1.29, 1.82) is 0 Å². The SMILES string of the molecule is Cc1ccccc1[C@H](NC(=O)OCC1c2ccccc2-c2ccccc21)C(=O)O. The maximum atomic E-state index is 12.4. The van der Waals surface area contributed by atoms with Gasteiger partial charge in [0.25, 0.3) is 0 Å². The van der Waals surface area contributed by atoms with Crippen LogP contribution in [0.3, 0.4) is 0 Å². The van der Waals surface area contributed by atoms with Crippen LogP contribution in [0.25, 0.3) is 11.1 Å². The molecule has 0 radical (unpaired) electrons. The molecule has 0 spiro atoms. The summed E-state index contributed by atoms with van der Waals surface area (Å²) in [6, 6.07) is 22.0. The van der Waals surface area contributed by atoms with Crippen LogP contribution >= 0.6 is 0 Å². The summed E-state index contributed by atoms with van der Waals surface area (Å²) in [6.45, 7) is 1.95. The van der Waals surface area contributed by atoms with Crippen molar-refractivity contribution < 1.29 is 19.4 Å². The highest BCUT2D eigenvalue weighted by molar-refractivity contribution is 5.82. The Labute approximate surface area is 169 Å². The summed E-state index contributed by atoms with van der Waals surface area (Å²) in [5, 5.41) is 12.1. The molecule has 1 atom stereocenters. The molecule has 146 valence electrons. The molecule has 0 bridgehead atoms. The highest BCUT2D eigenvalue weighted by atomic mass is 16.5. The van der Waals surface area contributed by atoms with Gasteiger partial charge in [0.15, 0.2) is 6.04 Å². The number of hydrogen-bond donors (Lipinski definition) is 2. The molecule has 0 saturated carbocycles. The molecule has 0 saturated heterocycles. The van der Waals surface area contributed by atoms with Crippen molar-refractivity contribution in [3.8, 4) is 11.1 Å². The lowest BCUT2D eigenvalue weighted by Gasteiger charge is -2.18. The predicted octanol–water partition coefficient (Wildman–Crippen LogP) is 4.66. The van der Waals surface area contributed by atoms with Crippen LogP contribution in [-0.4, -0.2) is 23.8 Å². The minimum Gasteiger partial charge on any atom is -0.479 e. The van der Waals surface area contributed by atoms with Crippen molar-refractivity contribution in [1.82, 2.24) is 5.32 Å². The zero-order valence-corrected chi connectivity index (χ0v) is 16.0. The van der Waals surface area contributed by atoms with E-state index in [2.05, 4.69) is 17.4 Å². The number of benzene rings is 3. The van der Waals surface area contributed by atoms with Gasteiger partial charge in [0.2, 0.25) is 0 Å². The molecule has 0 aliphatic heterocycles. The van der Waals surface area contributed by atoms with Gasteiger partial charge in [-0.05, 0) is 40.3 Å². The minimum absolute atomic E-state index is 0.0742.